The van der Waals surface area contributed by atoms with Crippen molar-refractivity contribution in [3.63, 3.8) is 0 Å². The minimum absolute atomic E-state index is 0.165. The average molecular weight is 395 g/mol. The van der Waals surface area contributed by atoms with Crippen LogP contribution in [0.1, 0.15) is 18.4 Å². The van der Waals surface area contributed by atoms with Gasteiger partial charge in [0.1, 0.15) is 0 Å². The topological polar surface area (TPSA) is 83.5 Å². The molecule has 3 rings (SSSR count). The standard InChI is InChI=1S/C18H22N2O4S2/c1-14-5-8-16(9-6-14)26(23,24)19-15-7-10-18(25(2,21)22)17(13-15)20-11-3-4-12-20/h5-10,13,19H,3-4,11-12H2,1-2H3. The van der Waals surface area contributed by atoms with Crippen LogP contribution in [0.15, 0.2) is 52.3 Å². The summed E-state index contributed by atoms with van der Waals surface area (Å²) in [5.74, 6) is 0. The molecule has 0 amide bonds. The third kappa shape index (κ3) is 4.02. The molecule has 1 fully saturated rings. The van der Waals surface area contributed by atoms with E-state index in [1.165, 1.54) is 12.1 Å². The van der Waals surface area contributed by atoms with Crippen LogP contribution in [-0.2, 0) is 19.9 Å². The highest BCUT2D eigenvalue weighted by Crippen LogP contribution is 2.32. The highest BCUT2D eigenvalue weighted by Gasteiger charge is 2.22. The molecular formula is C18H22N2O4S2. The predicted molar refractivity (Wildman–Crippen MR) is 103 cm³/mol. The summed E-state index contributed by atoms with van der Waals surface area (Å²) in [5, 5.41) is 0. The zero-order valence-corrected chi connectivity index (χ0v) is 16.4. The summed E-state index contributed by atoms with van der Waals surface area (Å²) in [5.41, 5.74) is 1.87. The van der Waals surface area contributed by atoms with Gasteiger partial charge in [-0.3, -0.25) is 4.72 Å². The number of sulfonamides is 1. The number of sulfone groups is 1. The lowest BCUT2D eigenvalue weighted by Crippen LogP contribution is -2.21. The van der Waals surface area contributed by atoms with Gasteiger partial charge in [-0.05, 0) is 50.1 Å². The summed E-state index contributed by atoms with van der Waals surface area (Å²) in [6.45, 7) is 3.41. The number of nitrogens with zero attached hydrogens (tertiary/aromatic N) is 1. The molecule has 26 heavy (non-hydrogen) atoms. The van der Waals surface area contributed by atoms with Crippen LogP contribution in [0.3, 0.4) is 0 Å². The fourth-order valence-corrected chi connectivity index (χ4v) is 4.96. The van der Waals surface area contributed by atoms with Crippen molar-refractivity contribution in [2.45, 2.75) is 29.6 Å². The Labute approximate surface area is 154 Å². The SMILES string of the molecule is Cc1ccc(S(=O)(=O)Nc2ccc(S(C)(=O)=O)c(N3CCCC3)c2)cc1. The van der Waals surface area contributed by atoms with Gasteiger partial charge in [0.05, 0.1) is 21.2 Å². The van der Waals surface area contributed by atoms with E-state index in [9.17, 15) is 16.8 Å². The Balaban J connectivity index is 1.98. The molecule has 0 aliphatic carbocycles. The van der Waals surface area contributed by atoms with Crippen LogP contribution in [-0.4, -0.2) is 36.2 Å². The number of rotatable bonds is 5. The fourth-order valence-electron chi connectivity index (χ4n) is 3.03. The van der Waals surface area contributed by atoms with Crippen molar-refractivity contribution < 1.29 is 16.8 Å². The molecule has 0 radical (unpaired) electrons. The van der Waals surface area contributed by atoms with E-state index >= 15 is 0 Å². The fraction of sp³-hybridized carbons (Fsp3) is 0.333. The molecule has 0 atom stereocenters. The number of nitrogens with one attached hydrogen (secondary N) is 1. The molecule has 0 unspecified atom stereocenters. The zero-order chi connectivity index (χ0) is 18.9. The van der Waals surface area contributed by atoms with Crippen molar-refractivity contribution in [2.24, 2.45) is 0 Å². The summed E-state index contributed by atoms with van der Waals surface area (Å²) >= 11 is 0. The van der Waals surface area contributed by atoms with Crippen molar-refractivity contribution in [1.29, 1.82) is 0 Å². The first-order valence-corrected chi connectivity index (χ1v) is 11.7. The zero-order valence-electron chi connectivity index (χ0n) is 14.8. The van der Waals surface area contributed by atoms with E-state index < -0.39 is 19.9 Å². The van der Waals surface area contributed by atoms with Crippen LogP contribution in [0.4, 0.5) is 11.4 Å². The monoisotopic (exact) mass is 394 g/mol. The van der Waals surface area contributed by atoms with Gasteiger partial charge in [0.25, 0.3) is 10.0 Å². The summed E-state index contributed by atoms with van der Waals surface area (Å²) < 4.78 is 51.9. The van der Waals surface area contributed by atoms with Crippen molar-refractivity contribution >= 4 is 31.2 Å². The molecule has 1 N–H and O–H groups in total. The van der Waals surface area contributed by atoms with E-state index in [1.54, 1.807) is 30.3 Å². The smallest absolute Gasteiger partial charge is 0.261 e. The quantitative estimate of drug-likeness (QED) is 0.843. The highest BCUT2D eigenvalue weighted by molar-refractivity contribution is 7.92. The molecule has 8 heteroatoms. The molecule has 1 aliphatic heterocycles. The lowest BCUT2D eigenvalue weighted by molar-refractivity contribution is 0.600. The van der Waals surface area contributed by atoms with Gasteiger partial charge < -0.3 is 4.90 Å². The first kappa shape index (κ1) is 18.7. The molecule has 0 saturated carbocycles. The molecule has 0 bridgehead atoms. The normalized spacial score (nSPS) is 15.2. The molecule has 0 aromatic heterocycles. The van der Waals surface area contributed by atoms with Gasteiger partial charge in [0.15, 0.2) is 9.84 Å². The van der Waals surface area contributed by atoms with E-state index in [0.717, 1.165) is 37.8 Å². The largest absolute Gasteiger partial charge is 0.370 e. The van der Waals surface area contributed by atoms with Crippen molar-refractivity contribution in [3.05, 3.63) is 48.0 Å². The Kier molecular flexibility index (Phi) is 4.98. The van der Waals surface area contributed by atoms with Gasteiger partial charge in [0, 0.05) is 19.3 Å². The third-order valence-corrected chi connectivity index (χ3v) is 6.93. The van der Waals surface area contributed by atoms with E-state index in [0.29, 0.717) is 11.4 Å². The molecule has 1 heterocycles. The average Bonchev–Trinajstić information content (AvgIpc) is 3.08. The summed E-state index contributed by atoms with van der Waals surface area (Å²) in [4.78, 5) is 2.37. The minimum atomic E-state index is -3.74. The number of hydrogen-bond acceptors (Lipinski definition) is 5. The lowest BCUT2D eigenvalue weighted by Gasteiger charge is -2.22. The second-order valence-corrected chi connectivity index (χ2v) is 10.2. The Morgan fingerprint density at radius 3 is 2.12 bits per heavy atom. The van der Waals surface area contributed by atoms with Gasteiger partial charge in [-0.1, -0.05) is 17.7 Å². The Hall–Kier alpha value is -2.06. The highest BCUT2D eigenvalue weighted by atomic mass is 32.2. The van der Waals surface area contributed by atoms with Gasteiger partial charge >= 0.3 is 0 Å². The molecule has 0 spiro atoms. The minimum Gasteiger partial charge on any atom is -0.370 e. The first-order chi connectivity index (χ1) is 12.2. The maximum absolute atomic E-state index is 12.6. The van der Waals surface area contributed by atoms with Crippen molar-refractivity contribution in [1.82, 2.24) is 0 Å². The number of aryl methyl sites for hydroxylation is 1. The van der Waals surface area contributed by atoms with Crippen LogP contribution in [0, 0.1) is 6.92 Å². The van der Waals surface area contributed by atoms with Crippen LogP contribution in [0.5, 0.6) is 0 Å². The van der Waals surface area contributed by atoms with Crippen LogP contribution >= 0.6 is 0 Å². The van der Waals surface area contributed by atoms with Gasteiger partial charge in [0.2, 0.25) is 0 Å². The van der Waals surface area contributed by atoms with Crippen LogP contribution in [0.2, 0.25) is 0 Å². The third-order valence-electron chi connectivity index (χ3n) is 4.39. The second-order valence-electron chi connectivity index (χ2n) is 6.57. The Morgan fingerprint density at radius 1 is 0.923 bits per heavy atom. The Bertz CT molecular complexity index is 1010. The summed E-state index contributed by atoms with van der Waals surface area (Å²) in [6, 6.07) is 11.1. The first-order valence-electron chi connectivity index (χ1n) is 8.35. The van der Waals surface area contributed by atoms with Crippen LogP contribution < -0.4 is 9.62 Å². The Morgan fingerprint density at radius 2 is 1.54 bits per heavy atom. The number of hydrogen-bond donors (Lipinski definition) is 1. The second kappa shape index (κ2) is 6.92. The maximum Gasteiger partial charge on any atom is 0.261 e. The van der Waals surface area contributed by atoms with Crippen molar-refractivity contribution in [3.8, 4) is 0 Å². The number of benzene rings is 2. The predicted octanol–water partition coefficient (Wildman–Crippen LogP) is 2.80. The van der Waals surface area contributed by atoms with E-state index in [-0.39, 0.29) is 9.79 Å². The lowest BCUT2D eigenvalue weighted by atomic mass is 10.2. The van der Waals surface area contributed by atoms with E-state index in [2.05, 4.69) is 4.72 Å². The summed E-state index contributed by atoms with van der Waals surface area (Å²) in [6.07, 6.45) is 3.14. The number of anilines is 2. The van der Waals surface area contributed by atoms with Crippen molar-refractivity contribution in [2.75, 3.05) is 29.0 Å². The summed E-state index contributed by atoms with van der Waals surface area (Å²) in [7, 11) is -7.14. The van der Waals surface area contributed by atoms with E-state index in [4.69, 9.17) is 0 Å². The molecule has 140 valence electrons. The van der Waals surface area contributed by atoms with Gasteiger partial charge in [-0.2, -0.15) is 0 Å². The van der Waals surface area contributed by atoms with Gasteiger partial charge in [-0.15, -0.1) is 0 Å². The molecule has 1 saturated heterocycles. The maximum atomic E-state index is 12.6. The molecule has 2 aromatic rings. The van der Waals surface area contributed by atoms with E-state index in [1.807, 2.05) is 11.8 Å². The molecule has 1 aliphatic rings. The van der Waals surface area contributed by atoms with Crippen LogP contribution in [0.25, 0.3) is 0 Å². The molecule has 6 nitrogen and oxygen atoms in total. The van der Waals surface area contributed by atoms with Gasteiger partial charge in [-0.25, -0.2) is 16.8 Å². The molecular weight excluding hydrogens is 372 g/mol. The molecule has 2 aromatic carbocycles.